The maximum absolute atomic E-state index is 13.5. The molecule has 0 spiro atoms. The quantitative estimate of drug-likeness (QED) is 0.601. The summed E-state index contributed by atoms with van der Waals surface area (Å²) in [7, 11) is 0. The number of carbonyl (C=O) groups excluding carboxylic acids is 2. The van der Waals surface area contributed by atoms with E-state index in [0.29, 0.717) is 24.7 Å². The SMILES string of the molecule is CC(CC(=O)N1CCCC2C(C=O)CCCC21)C1COc2cccc(-c3ccc(F)o3)c21. The first-order valence-corrected chi connectivity index (χ1v) is 11.8. The molecular weight excluding hydrogens is 409 g/mol. The zero-order valence-electron chi connectivity index (χ0n) is 18.5. The number of carbonyl (C=O) groups is 2. The van der Waals surface area contributed by atoms with E-state index in [-0.39, 0.29) is 29.7 Å². The fourth-order valence-electron chi connectivity index (χ4n) is 6.18. The molecule has 5 rings (SSSR count). The van der Waals surface area contributed by atoms with Crippen LogP contribution in [0, 0.1) is 23.8 Å². The van der Waals surface area contributed by atoms with Gasteiger partial charge in [-0.1, -0.05) is 25.5 Å². The summed E-state index contributed by atoms with van der Waals surface area (Å²) in [6.07, 6.45) is 6.52. The van der Waals surface area contributed by atoms with Gasteiger partial charge in [0.25, 0.3) is 6.01 Å². The van der Waals surface area contributed by atoms with Gasteiger partial charge >= 0.3 is 0 Å². The molecule has 0 N–H and O–H groups in total. The number of aldehydes is 1. The summed E-state index contributed by atoms with van der Waals surface area (Å²) < 4.78 is 24.7. The molecule has 3 aliphatic rings. The van der Waals surface area contributed by atoms with Crippen LogP contribution in [0.4, 0.5) is 4.39 Å². The van der Waals surface area contributed by atoms with Crippen molar-refractivity contribution in [3.8, 4) is 17.1 Å². The number of furan rings is 1. The summed E-state index contributed by atoms with van der Waals surface area (Å²) in [5, 5.41) is 0. The van der Waals surface area contributed by atoms with Gasteiger partial charge in [-0.3, -0.25) is 4.79 Å². The third-order valence-corrected chi connectivity index (χ3v) is 7.79. The molecule has 1 aromatic heterocycles. The Bertz CT molecular complexity index is 1000. The van der Waals surface area contributed by atoms with Crippen molar-refractivity contribution in [2.45, 2.75) is 57.4 Å². The minimum absolute atomic E-state index is 0.0352. The van der Waals surface area contributed by atoms with Crippen LogP contribution >= 0.6 is 0 Å². The average molecular weight is 440 g/mol. The smallest absolute Gasteiger partial charge is 0.278 e. The van der Waals surface area contributed by atoms with Crippen LogP contribution in [0.15, 0.2) is 34.7 Å². The normalized spacial score (nSPS) is 27.9. The third kappa shape index (κ3) is 3.74. The highest BCUT2D eigenvalue weighted by molar-refractivity contribution is 5.77. The van der Waals surface area contributed by atoms with Crippen molar-refractivity contribution in [2.24, 2.45) is 17.8 Å². The van der Waals surface area contributed by atoms with Crippen molar-refractivity contribution >= 4 is 12.2 Å². The van der Waals surface area contributed by atoms with E-state index in [4.69, 9.17) is 9.15 Å². The van der Waals surface area contributed by atoms with Crippen molar-refractivity contribution in [3.63, 3.8) is 0 Å². The highest BCUT2D eigenvalue weighted by atomic mass is 19.1. The number of benzene rings is 1. The molecule has 1 amide bonds. The van der Waals surface area contributed by atoms with E-state index in [9.17, 15) is 14.0 Å². The van der Waals surface area contributed by atoms with E-state index in [1.54, 1.807) is 6.07 Å². The monoisotopic (exact) mass is 439 g/mol. The first kappa shape index (κ1) is 21.2. The van der Waals surface area contributed by atoms with Crippen LogP contribution in [0.25, 0.3) is 11.3 Å². The van der Waals surface area contributed by atoms with E-state index in [2.05, 4.69) is 11.8 Å². The van der Waals surface area contributed by atoms with Gasteiger partial charge in [-0.2, -0.15) is 4.39 Å². The molecule has 2 aliphatic heterocycles. The number of hydrogen-bond donors (Lipinski definition) is 0. The number of nitrogens with zero attached hydrogens (tertiary/aromatic N) is 1. The second-order valence-electron chi connectivity index (χ2n) is 9.61. The lowest BCUT2D eigenvalue weighted by molar-refractivity contribution is -0.141. The first-order valence-electron chi connectivity index (χ1n) is 11.8. The van der Waals surface area contributed by atoms with E-state index in [1.165, 1.54) is 6.07 Å². The number of rotatable bonds is 5. The topological polar surface area (TPSA) is 59.8 Å². The van der Waals surface area contributed by atoms with E-state index in [1.807, 2.05) is 18.2 Å². The number of amides is 1. The van der Waals surface area contributed by atoms with Crippen molar-refractivity contribution in [1.82, 2.24) is 4.90 Å². The van der Waals surface area contributed by atoms with E-state index >= 15 is 0 Å². The van der Waals surface area contributed by atoms with E-state index < -0.39 is 6.01 Å². The Morgan fingerprint density at radius 3 is 2.88 bits per heavy atom. The lowest BCUT2D eigenvalue weighted by Gasteiger charge is -2.46. The molecule has 170 valence electrons. The summed E-state index contributed by atoms with van der Waals surface area (Å²) in [4.78, 5) is 27.0. The standard InChI is InChI=1S/C26H30FNO4/c1-16(13-25(30)28-12-4-7-18-17(14-29)5-2-8-21(18)28)20-15-31-23-9-3-6-19(26(20)23)22-10-11-24(27)32-22/h3,6,9-11,14,16-18,20-21H,2,4-5,7-8,12-13,15H2,1H3. The lowest BCUT2D eigenvalue weighted by atomic mass is 9.71. The largest absolute Gasteiger partial charge is 0.493 e. The number of halogens is 1. The summed E-state index contributed by atoms with van der Waals surface area (Å²) in [5.41, 5.74) is 1.82. The van der Waals surface area contributed by atoms with Crippen LogP contribution in [0.1, 0.15) is 56.9 Å². The second-order valence-corrected chi connectivity index (χ2v) is 9.61. The van der Waals surface area contributed by atoms with Crippen molar-refractivity contribution < 1.29 is 23.1 Å². The number of ether oxygens (including phenoxy) is 1. The zero-order valence-corrected chi connectivity index (χ0v) is 18.5. The molecule has 1 saturated heterocycles. The fourth-order valence-corrected chi connectivity index (χ4v) is 6.18. The molecular formula is C26H30FNO4. The highest BCUT2D eigenvalue weighted by Gasteiger charge is 2.41. The van der Waals surface area contributed by atoms with Crippen molar-refractivity contribution in [2.75, 3.05) is 13.2 Å². The number of fused-ring (bicyclic) bond motifs is 2. The molecule has 5 unspecified atom stereocenters. The number of likely N-dealkylation sites (tertiary alicyclic amines) is 1. The highest BCUT2D eigenvalue weighted by Crippen LogP contribution is 2.46. The van der Waals surface area contributed by atoms with Crippen LogP contribution in [-0.2, 0) is 9.59 Å². The lowest BCUT2D eigenvalue weighted by Crippen LogP contribution is -2.52. The minimum Gasteiger partial charge on any atom is -0.493 e. The van der Waals surface area contributed by atoms with Crippen LogP contribution < -0.4 is 4.74 Å². The number of hydrogen-bond acceptors (Lipinski definition) is 4. The van der Waals surface area contributed by atoms with Gasteiger partial charge in [0.2, 0.25) is 5.91 Å². The van der Waals surface area contributed by atoms with Crippen LogP contribution in [0.5, 0.6) is 5.75 Å². The van der Waals surface area contributed by atoms with Gasteiger partial charge < -0.3 is 18.8 Å². The molecule has 6 heteroatoms. The fraction of sp³-hybridized carbons (Fsp3) is 0.538. The van der Waals surface area contributed by atoms with Crippen LogP contribution in [0.2, 0.25) is 0 Å². The molecule has 32 heavy (non-hydrogen) atoms. The van der Waals surface area contributed by atoms with Gasteiger partial charge in [0.1, 0.15) is 17.8 Å². The Morgan fingerprint density at radius 1 is 1.22 bits per heavy atom. The second kappa shape index (κ2) is 8.72. The van der Waals surface area contributed by atoms with Crippen LogP contribution in [0.3, 0.4) is 0 Å². The van der Waals surface area contributed by atoms with E-state index in [0.717, 1.165) is 61.8 Å². The Balaban J connectivity index is 1.34. The first-order chi connectivity index (χ1) is 15.6. The Kier molecular flexibility index (Phi) is 5.78. The molecule has 5 atom stereocenters. The van der Waals surface area contributed by atoms with Gasteiger partial charge in [-0.25, -0.2) is 0 Å². The van der Waals surface area contributed by atoms with Gasteiger partial charge in [0.05, 0.1) is 6.61 Å². The Hall–Kier alpha value is -2.63. The average Bonchev–Trinajstić information content (AvgIpc) is 3.44. The van der Waals surface area contributed by atoms with Gasteiger partial charge in [-0.15, -0.1) is 0 Å². The minimum atomic E-state index is -0.614. The molecule has 1 aliphatic carbocycles. The Morgan fingerprint density at radius 2 is 2.09 bits per heavy atom. The summed E-state index contributed by atoms with van der Waals surface area (Å²) in [6.45, 7) is 3.38. The summed E-state index contributed by atoms with van der Waals surface area (Å²) in [6, 6.07) is 8.26. The van der Waals surface area contributed by atoms with Crippen molar-refractivity contribution in [1.29, 1.82) is 0 Å². The maximum atomic E-state index is 13.5. The summed E-state index contributed by atoms with van der Waals surface area (Å²) in [5.74, 6) is 1.94. The van der Waals surface area contributed by atoms with Crippen LogP contribution in [-0.4, -0.2) is 36.3 Å². The Labute approximate surface area is 187 Å². The van der Waals surface area contributed by atoms with Gasteiger partial charge in [-0.05, 0) is 49.7 Å². The third-order valence-electron chi connectivity index (χ3n) is 7.79. The molecule has 2 aromatic rings. The molecule has 0 radical (unpaired) electrons. The molecule has 3 heterocycles. The maximum Gasteiger partial charge on any atom is 0.278 e. The molecule has 0 bridgehead atoms. The molecule has 1 aromatic carbocycles. The molecule has 2 fully saturated rings. The zero-order chi connectivity index (χ0) is 22.2. The summed E-state index contributed by atoms with van der Waals surface area (Å²) >= 11 is 0. The van der Waals surface area contributed by atoms with Gasteiger partial charge in [0.15, 0.2) is 0 Å². The predicted molar refractivity (Wildman–Crippen MR) is 118 cm³/mol. The van der Waals surface area contributed by atoms with Crippen molar-refractivity contribution in [3.05, 3.63) is 41.9 Å². The molecule has 1 saturated carbocycles. The van der Waals surface area contributed by atoms with Gasteiger partial charge in [0, 0.05) is 48.0 Å². The predicted octanol–water partition coefficient (Wildman–Crippen LogP) is 5.19. The number of piperidine rings is 1. The molecule has 5 nitrogen and oxygen atoms in total.